The van der Waals surface area contributed by atoms with Gasteiger partial charge in [-0.2, -0.15) is 0 Å². The average molecular weight is 279 g/mol. The van der Waals surface area contributed by atoms with E-state index in [1.807, 2.05) is 6.92 Å². The number of amides is 2. The number of piperazine rings is 1. The number of halogens is 1. The number of imide groups is 1. The first-order valence-electron chi connectivity index (χ1n) is 6.67. The standard InChI is InChI=1S/C14H18FN3O2/c1-2-6-16-7-10-4-3-5-11(15)14(10)18-8-12(19)17-13(20)9-18/h3-5,16H,2,6-9H2,1H3,(H,17,19,20). The Morgan fingerprint density at radius 3 is 2.65 bits per heavy atom. The first kappa shape index (κ1) is 14.5. The maximum Gasteiger partial charge on any atom is 0.246 e. The second kappa shape index (κ2) is 6.47. The molecule has 1 saturated heterocycles. The van der Waals surface area contributed by atoms with Crippen molar-refractivity contribution in [3.63, 3.8) is 0 Å². The summed E-state index contributed by atoms with van der Waals surface area (Å²) in [5, 5.41) is 5.41. The van der Waals surface area contributed by atoms with Crippen molar-refractivity contribution in [2.24, 2.45) is 0 Å². The van der Waals surface area contributed by atoms with Crippen LogP contribution < -0.4 is 15.5 Å². The van der Waals surface area contributed by atoms with Crippen LogP contribution >= 0.6 is 0 Å². The van der Waals surface area contributed by atoms with Gasteiger partial charge in [0.1, 0.15) is 5.82 Å². The molecule has 0 aromatic heterocycles. The summed E-state index contributed by atoms with van der Waals surface area (Å²) in [4.78, 5) is 24.3. The molecule has 2 N–H and O–H groups in total. The molecule has 2 amide bonds. The molecular formula is C14H18FN3O2. The molecule has 20 heavy (non-hydrogen) atoms. The van der Waals surface area contributed by atoms with Gasteiger partial charge in [-0.1, -0.05) is 19.1 Å². The number of rotatable bonds is 5. The third-order valence-electron chi connectivity index (χ3n) is 3.08. The molecular weight excluding hydrogens is 261 g/mol. The van der Waals surface area contributed by atoms with Gasteiger partial charge in [-0.15, -0.1) is 0 Å². The van der Waals surface area contributed by atoms with Crippen LogP contribution in [-0.4, -0.2) is 31.4 Å². The molecule has 1 aliphatic rings. The Morgan fingerprint density at radius 2 is 2.00 bits per heavy atom. The number of nitrogens with one attached hydrogen (secondary N) is 2. The van der Waals surface area contributed by atoms with E-state index in [1.54, 1.807) is 12.1 Å². The molecule has 1 fully saturated rings. The van der Waals surface area contributed by atoms with Gasteiger partial charge in [0.25, 0.3) is 0 Å². The van der Waals surface area contributed by atoms with Crippen molar-refractivity contribution in [1.82, 2.24) is 10.6 Å². The van der Waals surface area contributed by atoms with Gasteiger partial charge in [0.05, 0.1) is 18.8 Å². The van der Waals surface area contributed by atoms with Crippen LogP contribution in [-0.2, 0) is 16.1 Å². The summed E-state index contributed by atoms with van der Waals surface area (Å²) < 4.78 is 14.1. The first-order chi connectivity index (χ1) is 9.61. The van der Waals surface area contributed by atoms with E-state index in [4.69, 9.17) is 0 Å². The van der Waals surface area contributed by atoms with Crippen molar-refractivity contribution in [1.29, 1.82) is 0 Å². The van der Waals surface area contributed by atoms with Crippen molar-refractivity contribution in [2.45, 2.75) is 19.9 Å². The summed E-state index contributed by atoms with van der Waals surface area (Å²) in [6.45, 7) is 3.37. The van der Waals surface area contributed by atoms with Gasteiger partial charge >= 0.3 is 0 Å². The Bertz CT molecular complexity index is 503. The Hall–Kier alpha value is -1.95. The van der Waals surface area contributed by atoms with Crippen LogP contribution in [0, 0.1) is 5.82 Å². The molecule has 0 bridgehead atoms. The molecule has 0 atom stereocenters. The Morgan fingerprint density at radius 1 is 1.30 bits per heavy atom. The van der Waals surface area contributed by atoms with Crippen molar-refractivity contribution in [3.05, 3.63) is 29.6 Å². The maximum atomic E-state index is 14.1. The second-order valence-electron chi connectivity index (χ2n) is 4.75. The fourth-order valence-corrected chi connectivity index (χ4v) is 2.25. The molecule has 0 radical (unpaired) electrons. The number of para-hydroxylation sites is 1. The van der Waals surface area contributed by atoms with Gasteiger partial charge in [0, 0.05) is 6.54 Å². The zero-order chi connectivity index (χ0) is 14.5. The first-order valence-corrected chi connectivity index (χ1v) is 6.67. The van der Waals surface area contributed by atoms with Gasteiger partial charge in [-0.3, -0.25) is 14.9 Å². The lowest BCUT2D eigenvalue weighted by atomic mass is 10.1. The topological polar surface area (TPSA) is 61.4 Å². The fourth-order valence-electron chi connectivity index (χ4n) is 2.25. The van der Waals surface area contributed by atoms with E-state index in [-0.39, 0.29) is 13.1 Å². The molecule has 1 heterocycles. The lowest BCUT2D eigenvalue weighted by molar-refractivity contribution is -0.130. The highest BCUT2D eigenvalue weighted by Gasteiger charge is 2.26. The highest BCUT2D eigenvalue weighted by molar-refractivity contribution is 6.02. The monoisotopic (exact) mass is 279 g/mol. The Kier molecular flexibility index (Phi) is 4.68. The van der Waals surface area contributed by atoms with Crippen LogP contribution in [0.2, 0.25) is 0 Å². The van der Waals surface area contributed by atoms with E-state index in [1.165, 1.54) is 11.0 Å². The smallest absolute Gasteiger partial charge is 0.246 e. The van der Waals surface area contributed by atoms with Gasteiger partial charge in [0.2, 0.25) is 11.8 Å². The Balaban J connectivity index is 2.24. The zero-order valence-corrected chi connectivity index (χ0v) is 11.4. The number of nitrogens with zero attached hydrogens (tertiary/aromatic N) is 1. The van der Waals surface area contributed by atoms with Gasteiger partial charge in [-0.25, -0.2) is 4.39 Å². The third kappa shape index (κ3) is 3.33. The van der Waals surface area contributed by atoms with E-state index in [9.17, 15) is 14.0 Å². The molecule has 0 aliphatic carbocycles. The molecule has 1 aromatic rings. The molecule has 6 heteroatoms. The molecule has 0 saturated carbocycles. The zero-order valence-electron chi connectivity index (χ0n) is 11.4. The second-order valence-corrected chi connectivity index (χ2v) is 4.75. The van der Waals surface area contributed by atoms with Crippen LogP contribution in [0.3, 0.4) is 0 Å². The highest BCUT2D eigenvalue weighted by Crippen LogP contribution is 2.25. The largest absolute Gasteiger partial charge is 0.350 e. The molecule has 0 unspecified atom stereocenters. The SMILES string of the molecule is CCCNCc1cccc(F)c1N1CC(=O)NC(=O)C1. The fraction of sp³-hybridized carbons (Fsp3) is 0.429. The van der Waals surface area contributed by atoms with E-state index in [0.717, 1.165) is 18.5 Å². The van der Waals surface area contributed by atoms with Gasteiger partial charge in [-0.05, 0) is 24.6 Å². The van der Waals surface area contributed by atoms with E-state index in [2.05, 4.69) is 10.6 Å². The van der Waals surface area contributed by atoms with E-state index >= 15 is 0 Å². The quantitative estimate of drug-likeness (QED) is 0.618. The van der Waals surface area contributed by atoms with Crippen molar-refractivity contribution in [3.8, 4) is 0 Å². The van der Waals surface area contributed by atoms with E-state index < -0.39 is 17.6 Å². The van der Waals surface area contributed by atoms with Gasteiger partial charge in [0.15, 0.2) is 0 Å². The van der Waals surface area contributed by atoms with E-state index in [0.29, 0.717) is 12.2 Å². The van der Waals surface area contributed by atoms with Crippen LogP contribution in [0.5, 0.6) is 0 Å². The van der Waals surface area contributed by atoms with Crippen LogP contribution in [0.15, 0.2) is 18.2 Å². The lowest BCUT2D eigenvalue weighted by Gasteiger charge is -2.29. The maximum absolute atomic E-state index is 14.1. The van der Waals surface area contributed by atoms with Crippen molar-refractivity contribution < 1.29 is 14.0 Å². The molecule has 1 aliphatic heterocycles. The predicted octanol–water partition coefficient (Wildman–Crippen LogP) is 0.788. The number of hydrogen-bond donors (Lipinski definition) is 2. The van der Waals surface area contributed by atoms with Crippen LogP contribution in [0.1, 0.15) is 18.9 Å². The van der Waals surface area contributed by atoms with Crippen molar-refractivity contribution in [2.75, 3.05) is 24.5 Å². The van der Waals surface area contributed by atoms with Crippen LogP contribution in [0.25, 0.3) is 0 Å². The Labute approximate surface area is 117 Å². The van der Waals surface area contributed by atoms with Crippen molar-refractivity contribution >= 4 is 17.5 Å². The van der Waals surface area contributed by atoms with Crippen LogP contribution in [0.4, 0.5) is 10.1 Å². The minimum absolute atomic E-state index is 0.00650. The molecule has 108 valence electrons. The number of anilines is 1. The molecule has 1 aromatic carbocycles. The minimum atomic E-state index is -0.414. The number of benzene rings is 1. The number of carbonyl (C=O) groups is 2. The summed E-state index contributed by atoms with van der Waals surface area (Å²) >= 11 is 0. The number of hydrogen-bond acceptors (Lipinski definition) is 4. The minimum Gasteiger partial charge on any atom is -0.350 e. The summed E-state index contributed by atoms with van der Waals surface area (Å²) in [6, 6.07) is 4.78. The summed E-state index contributed by atoms with van der Waals surface area (Å²) in [5.74, 6) is -1.22. The summed E-state index contributed by atoms with van der Waals surface area (Å²) in [7, 11) is 0. The lowest BCUT2D eigenvalue weighted by Crippen LogP contribution is -2.52. The summed E-state index contributed by atoms with van der Waals surface area (Å²) in [6.07, 6.45) is 0.981. The predicted molar refractivity (Wildman–Crippen MR) is 73.8 cm³/mol. The third-order valence-corrected chi connectivity index (χ3v) is 3.08. The molecule has 2 rings (SSSR count). The highest BCUT2D eigenvalue weighted by atomic mass is 19.1. The van der Waals surface area contributed by atoms with Gasteiger partial charge < -0.3 is 10.2 Å². The number of carbonyl (C=O) groups excluding carboxylic acids is 2. The normalized spacial score (nSPS) is 15.4. The average Bonchev–Trinajstić information content (AvgIpc) is 2.38. The molecule has 0 spiro atoms. The summed E-state index contributed by atoms with van der Waals surface area (Å²) in [5.41, 5.74) is 1.08. The molecule has 5 nitrogen and oxygen atoms in total.